The van der Waals surface area contributed by atoms with Crippen molar-refractivity contribution in [3.05, 3.63) is 66.2 Å². The normalized spacial score (nSPS) is 11.4. The summed E-state index contributed by atoms with van der Waals surface area (Å²) in [6.45, 7) is 0. The van der Waals surface area contributed by atoms with E-state index in [1.165, 1.54) is 24.3 Å². The fourth-order valence-corrected chi connectivity index (χ4v) is 2.34. The van der Waals surface area contributed by atoms with E-state index in [1.54, 1.807) is 36.4 Å². The van der Waals surface area contributed by atoms with Crippen LogP contribution in [0.3, 0.4) is 0 Å². The SMILES string of the molecule is O=S(=O)(N(C#Cc1ccccc1)c1ccccc1)C(F)(F)F. The van der Waals surface area contributed by atoms with Crippen LogP contribution in [0.5, 0.6) is 0 Å². The summed E-state index contributed by atoms with van der Waals surface area (Å²) in [7, 11) is -5.60. The Morgan fingerprint density at radius 3 is 1.86 bits per heavy atom. The highest BCUT2D eigenvalue weighted by Gasteiger charge is 2.50. The van der Waals surface area contributed by atoms with Crippen LogP contribution in [0.4, 0.5) is 18.9 Å². The minimum atomic E-state index is -5.60. The molecule has 0 aliphatic rings. The summed E-state index contributed by atoms with van der Waals surface area (Å²) in [4.78, 5) is 0. The summed E-state index contributed by atoms with van der Waals surface area (Å²) in [6, 6.07) is 17.1. The van der Waals surface area contributed by atoms with Gasteiger partial charge in [-0.3, -0.25) is 0 Å². The molecule has 0 saturated heterocycles. The first-order chi connectivity index (χ1) is 10.3. The number of para-hydroxylation sites is 1. The van der Waals surface area contributed by atoms with Gasteiger partial charge in [-0.25, -0.2) is 0 Å². The molecular formula is C15H10F3NO2S. The quantitative estimate of drug-likeness (QED) is 0.627. The van der Waals surface area contributed by atoms with E-state index in [4.69, 9.17) is 0 Å². The first kappa shape index (κ1) is 15.9. The van der Waals surface area contributed by atoms with Gasteiger partial charge in [-0.05, 0) is 30.2 Å². The molecule has 0 atom stereocenters. The van der Waals surface area contributed by atoms with Gasteiger partial charge in [-0.2, -0.15) is 25.9 Å². The third kappa shape index (κ3) is 3.40. The van der Waals surface area contributed by atoms with Crippen LogP contribution in [0, 0.1) is 12.0 Å². The van der Waals surface area contributed by atoms with Crippen LogP contribution in [0.25, 0.3) is 0 Å². The van der Waals surface area contributed by atoms with Crippen molar-refractivity contribution in [2.45, 2.75) is 5.51 Å². The average molecular weight is 325 g/mol. The zero-order valence-corrected chi connectivity index (χ0v) is 11.9. The molecular weight excluding hydrogens is 315 g/mol. The lowest BCUT2D eigenvalue weighted by atomic mass is 10.2. The average Bonchev–Trinajstić information content (AvgIpc) is 2.48. The number of sulfonamides is 1. The maximum Gasteiger partial charge on any atom is 0.517 e. The Morgan fingerprint density at radius 1 is 0.864 bits per heavy atom. The van der Waals surface area contributed by atoms with E-state index in [0.717, 1.165) is 0 Å². The maximum atomic E-state index is 12.8. The van der Waals surface area contributed by atoms with Crippen LogP contribution >= 0.6 is 0 Å². The van der Waals surface area contributed by atoms with Crippen LogP contribution in [-0.4, -0.2) is 13.9 Å². The smallest absolute Gasteiger partial charge is 0.196 e. The van der Waals surface area contributed by atoms with Crippen LogP contribution in [0.1, 0.15) is 5.56 Å². The van der Waals surface area contributed by atoms with Crippen molar-refractivity contribution in [3.63, 3.8) is 0 Å². The number of rotatable bonds is 2. The van der Waals surface area contributed by atoms with Crippen molar-refractivity contribution >= 4 is 15.7 Å². The molecule has 114 valence electrons. The number of halogens is 3. The second-order valence-corrected chi connectivity index (χ2v) is 5.93. The van der Waals surface area contributed by atoms with Gasteiger partial charge >= 0.3 is 15.5 Å². The first-order valence-electron chi connectivity index (χ1n) is 6.06. The molecule has 2 aromatic rings. The summed E-state index contributed by atoms with van der Waals surface area (Å²) in [5.41, 5.74) is -5.21. The van der Waals surface area contributed by atoms with E-state index < -0.39 is 15.5 Å². The predicted octanol–water partition coefficient (Wildman–Crippen LogP) is 3.35. The molecule has 2 aromatic carbocycles. The van der Waals surface area contributed by atoms with Gasteiger partial charge in [0.05, 0.1) is 5.69 Å². The second-order valence-electron chi connectivity index (χ2n) is 4.15. The van der Waals surface area contributed by atoms with Crippen molar-refractivity contribution in [2.75, 3.05) is 4.31 Å². The molecule has 0 unspecified atom stereocenters. The molecule has 0 N–H and O–H groups in total. The van der Waals surface area contributed by atoms with Crippen LogP contribution < -0.4 is 4.31 Å². The van der Waals surface area contributed by atoms with Gasteiger partial charge in [0.1, 0.15) is 0 Å². The second kappa shape index (κ2) is 6.12. The monoisotopic (exact) mass is 325 g/mol. The number of alkyl halides is 3. The van der Waals surface area contributed by atoms with Gasteiger partial charge < -0.3 is 0 Å². The molecule has 0 heterocycles. The molecule has 0 aliphatic carbocycles. The van der Waals surface area contributed by atoms with Crippen LogP contribution in [-0.2, 0) is 10.0 Å². The Hall–Kier alpha value is -2.46. The summed E-state index contributed by atoms with van der Waals surface area (Å²) >= 11 is 0. The number of hydrogen-bond donors (Lipinski definition) is 0. The highest BCUT2D eigenvalue weighted by Crippen LogP contribution is 2.30. The Bertz CT molecular complexity index is 791. The summed E-state index contributed by atoms with van der Waals surface area (Å²) in [5, 5.41) is 0. The first-order valence-corrected chi connectivity index (χ1v) is 7.50. The molecule has 0 fully saturated rings. The number of hydrogen-bond acceptors (Lipinski definition) is 2. The molecule has 0 aromatic heterocycles. The van der Waals surface area contributed by atoms with Crippen LogP contribution in [0.2, 0.25) is 0 Å². The highest BCUT2D eigenvalue weighted by molar-refractivity contribution is 7.93. The molecule has 0 saturated carbocycles. The lowest BCUT2D eigenvalue weighted by Crippen LogP contribution is -2.37. The standard InChI is InChI=1S/C15H10F3NO2S/c16-15(17,18)22(20,21)19(14-9-5-2-6-10-14)12-11-13-7-3-1-4-8-13/h1-10H. The Labute approximate surface area is 126 Å². The van der Waals surface area contributed by atoms with Gasteiger partial charge in [0.15, 0.2) is 0 Å². The molecule has 0 aliphatic heterocycles. The summed E-state index contributed by atoms with van der Waals surface area (Å²) < 4.78 is 61.8. The van der Waals surface area contributed by atoms with Crippen molar-refractivity contribution in [1.29, 1.82) is 0 Å². The third-order valence-electron chi connectivity index (χ3n) is 2.60. The molecule has 0 spiro atoms. The lowest BCUT2D eigenvalue weighted by molar-refractivity contribution is -0.0435. The molecule has 22 heavy (non-hydrogen) atoms. The van der Waals surface area contributed by atoms with Gasteiger partial charge in [-0.1, -0.05) is 36.4 Å². The summed E-state index contributed by atoms with van der Waals surface area (Å²) in [6.07, 6.45) is 0. The number of benzene rings is 2. The van der Waals surface area contributed by atoms with E-state index in [2.05, 4.69) is 12.0 Å². The molecule has 0 amide bonds. The van der Waals surface area contributed by atoms with E-state index in [-0.39, 0.29) is 9.99 Å². The Balaban J connectivity index is 2.52. The molecule has 7 heteroatoms. The third-order valence-corrected chi connectivity index (χ3v) is 3.97. The van der Waals surface area contributed by atoms with Crippen molar-refractivity contribution in [1.82, 2.24) is 0 Å². The van der Waals surface area contributed by atoms with E-state index in [1.807, 2.05) is 0 Å². The van der Waals surface area contributed by atoms with Crippen LogP contribution in [0.15, 0.2) is 60.7 Å². The Morgan fingerprint density at radius 2 is 1.36 bits per heavy atom. The predicted molar refractivity (Wildman–Crippen MR) is 77.2 cm³/mol. The summed E-state index contributed by atoms with van der Waals surface area (Å²) in [5.74, 6) is 2.42. The number of nitrogens with zero attached hydrogens (tertiary/aromatic N) is 1. The van der Waals surface area contributed by atoms with E-state index in [0.29, 0.717) is 5.56 Å². The highest BCUT2D eigenvalue weighted by atomic mass is 32.2. The van der Waals surface area contributed by atoms with E-state index >= 15 is 0 Å². The molecule has 0 radical (unpaired) electrons. The molecule has 3 nitrogen and oxygen atoms in total. The Kier molecular flexibility index (Phi) is 4.43. The largest absolute Gasteiger partial charge is 0.517 e. The zero-order valence-electron chi connectivity index (χ0n) is 11.1. The van der Waals surface area contributed by atoms with Gasteiger partial charge in [0, 0.05) is 11.6 Å². The number of anilines is 1. The van der Waals surface area contributed by atoms with E-state index in [9.17, 15) is 21.6 Å². The van der Waals surface area contributed by atoms with Gasteiger partial charge in [-0.15, -0.1) is 0 Å². The van der Waals surface area contributed by atoms with Gasteiger partial charge in [0.25, 0.3) is 0 Å². The van der Waals surface area contributed by atoms with Crippen molar-refractivity contribution in [2.24, 2.45) is 0 Å². The molecule has 2 rings (SSSR count). The van der Waals surface area contributed by atoms with Gasteiger partial charge in [0.2, 0.25) is 0 Å². The van der Waals surface area contributed by atoms with Crippen molar-refractivity contribution in [3.8, 4) is 12.0 Å². The fraction of sp³-hybridized carbons (Fsp3) is 0.0667. The zero-order chi connectivity index (χ0) is 16.2. The molecule has 0 bridgehead atoms. The minimum Gasteiger partial charge on any atom is -0.196 e. The van der Waals surface area contributed by atoms with Crippen molar-refractivity contribution < 1.29 is 21.6 Å². The lowest BCUT2D eigenvalue weighted by Gasteiger charge is -2.19. The maximum absolute atomic E-state index is 12.8. The topological polar surface area (TPSA) is 37.4 Å². The minimum absolute atomic E-state index is 0.0417. The fourth-order valence-electron chi connectivity index (χ4n) is 1.57.